The Kier molecular flexibility index (Phi) is 4.24. The van der Waals surface area contributed by atoms with Crippen LogP contribution in [0.1, 0.15) is 18.7 Å². The van der Waals surface area contributed by atoms with Crippen LogP contribution in [-0.4, -0.2) is 41.3 Å². The summed E-state index contributed by atoms with van der Waals surface area (Å²) < 4.78 is 1.88. The van der Waals surface area contributed by atoms with Crippen molar-refractivity contribution in [1.82, 2.24) is 9.47 Å². The van der Waals surface area contributed by atoms with Gasteiger partial charge in [0.25, 0.3) is 0 Å². The van der Waals surface area contributed by atoms with Gasteiger partial charge in [-0.1, -0.05) is 18.2 Å². The lowest BCUT2D eigenvalue weighted by atomic mass is 10.1. The van der Waals surface area contributed by atoms with Gasteiger partial charge >= 0.3 is 0 Å². The van der Waals surface area contributed by atoms with E-state index >= 15 is 0 Å². The first-order valence-electron chi connectivity index (χ1n) is 6.67. The van der Waals surface area contributed by atoms with Crippen molar-refractivity contribution in [3.05, 3.63) is 36.0 Å². The number of nitrogens with two attached hydrogens (primary N) is 1. The van der Waals surface area contributed by atoms with Gasteiger partial charge in [0.1, 0.15) is 6.23 Å². The first-order chi connectivity index (χ1) is 9.00. The van der Waals surface area contributed by atoms with Crippen molar-refractivity contribution < 1.29 is 5.11 Å². The van der Waals surface area contributed by atoms with Crippen LogP contribution in [-0.2, 0) is 6.42 Å². The van der Waals surface area contributed by atoms with Gasteiger partial charge in [-0.05, 0) is 39.1 Å². The van der Waals surface area contributed by atoms with Crippen molar-refractivity contribution in [2.75, 3.05) is 20.6 Å². The molecule has 0 fully saturated rings. The summed E-state index contributed by atoms with van der Waals surface area (Å²) in [6.07, 6.45) is 2.31. The number of likely N-dealkylation sites (N-methyl/N-ethyl adjacent to an activating group) is 1. The minimum atomic E-state index is -0.682. The normalized spacial score (nSPS) is 15.1. The highest BCUT2D eigenvalue weighted by atomic mass is 16.3. The van der Waals surface area contributed by atoms with E-state index in [-0.39, 0.29) is 6.04 Å². The third kappa shape index (κ3) is 2.97. The van der Waals surface area contributed by atoms with Crippen LogP contribution in [0.5, 0.6) is 0 Å². The van der Waals surface area contributed by atoms with E-state index in [1.165, 1.54) is 10.9 Å². The maximum atomic E-state index is 10.2. The number of nitrogens with zero attached hydrogens (tertiary/aromatic N) is 2. The Morgan fingerprint density at radius 3 is 2.63 bits per heavy atom. The molecule has 0 spiro atoms. The monoisotopic (exact) mass is 261 g/mol. The Morgan fingerprint density at radius 1 is 1.32 bits per heavy atom. The van der Waals surface area contributed by atoms with Crippen LogP contribution in [0.25, 0.3) is 10.9 Å². The Morgan fingerprint density at radius 2 is 2.00 bits per heavy atom. The molecule has 2 rings (SSSR count). The lowest BCUT2D eigenvalue weighted by Crippen LogP contribution is -2.28. The number of hydrogen-bond donors (Lipinski definition) is 2. The van der Waals surface area contributed by atoms with Gasteiger partial charge in [-0.25, -0.2) is 0 Å². The molecule has 1 heterocycles. The Balaban J connectivity index is 2.42. The van der Waals surface area contributed by atoms with Crippen molar-refractivity contribution in [2.45, 2.75) is 25.6 Å². The molecule has 2 unspecified atom stereocenters. The van der Waals surface area contributed by atoms with Gasteiger partial charge in [-0.2, -0.15) is 0 Å². The molecule has 0 aliphatic heterocycles. The third-order valence-corrected chi connectivity index (χ3v) is 3.41. The van der Waals surface area contributed by atoms with E-state index in [4.69, 9.17) is 5.73 Å². The molecule has 2 aromatic rings. The number of benzene rings is 1. The first kappa shape index (κ1) is 14.1. The minimum absolute atomic E-state index is 0.294. The molecule has 0 amide bonds. The molecule has 0 aliphatic carbocycles. The largest absolute Gasteiger partial charge is 0.372 e. The van der Waals surface area contributed by atoms with Crippen molar-refractivity contribution in [1.29, 1.82) is 0 Å². The molecule has 0 bridgehead atoms. The van der Waals surface area contributed by atoms with E-state index in [1.807, 2.05) is 35.9 Å². The summed E-state index contributed by atoms with van der Waals surface area (Å²) in [4.78, 5) is 2.16. The fourth-order valence-corrected chi connectivity index (χ4v) is 2.29. The molecule has 19 heavy (non-hydrogen) atoms. The second kappa shape index (κ2) is 5.74. The number of aliphatic hydroxyl groups excluding tert-OH is 1. The topological polar surface area (TPSA) is 54.4 Å². The molecule has 2 atom stereocenters. The molecule has 0 saturated heterocycles. The van der Waals surface area contributed by atoms with Crippen LogP contribution in [0.2, 0.25) is 0 Å². The smallest absolute Gasteiger partial charge is 0.145 e. The van der Waals surface area contributed by atoms with E-state index in [0.29, 0.717) is 0 Å². The highest BCUT2D eigenvalue weighted by molar-refractivity contribution is 5.84. The van der Waals surface area contributed by atoms with Crippen LogP contribution in [0.15, 0.2) is 30.5 Å². The van der Waals surface area contributed by atoms with E-state index in [0.717, 1.165) is 18.5 Å². The van der Waals surface area contributed by atoms with Gasteiger partial charge in [0.05, 0.1) is 5.52 Å². The Hall–Kier alpha value is -1.36. The van der Waals surface area contributed by atoms with Crippen molar-refractivity contribution in [3.8, 4) is 0 Å². The van der Waals surface area contributed by atoms with Crippen LogP contribution < -0.4 is 5.73 Å². The standard InChI is InChI=1S/C15H23N3O/c1-11(16)15(19)18-10-12(8-9-17(2)3)13-6-4-5-7-14(13)18/h4-7,10-11,15,19H,8-9,16H2,1-3H3. The minimum Gasteiger partial charge on any atom is -0.372 e. The number of rotatable bonds is 5. The molecule has 4 nitrogen and oxygen atoms in total. The molecule has 0 radical (unpaired) electrons. The highest BCUT2D eigenvalue weighted by Crippen LogP contribution is 2.25. The average Bonchev–Trinajstić information content (AvgIpc) is 2.74. The van der Waals surface area contributed by atoms with Gasteiger partial charge < -0.3 is 20.3 Å². The predicted molar refractivity (Wildman–Crippen MR) is 79.1 cm³/mol. The molecular formula is C15H23N3O. The Labute approximate surface area is 114 Å². The second-order valence-corrected chi connectivity index (χ2v) is 5.40. The summed E-state index contributed by atoms with van der Waals surface area (Å²) in [7, 11) is 4.13. The zero-order valence-electron chi connectivity index (χ0n) is 11.9. The number of hydrogen-bond acceptors (Lipinski definition) is 3. The number of aromatic nitrogens is 1. The molecule has 1 aromatic heterocycles. The summed E-state index contributed by atoms with van der Waals surface area (Å²) in [5.41, 5.74) is 8.11. The van der Waals surface area contributed by atoms with Crippen molar-refractivity contribution >= 4 is 10.9 Å². The molecular weight excluding hydrogens is 238 g/mol. The summed E-state index contributed by atoms with van der Waals surface area (Å²) in [6, 6.07) is 7.86. The van der Waals surface area contributed by atoms with E-state index in [2.05, 4.69) is 25.1 Å². The summed E-state index contributed by atoms with van der Waals surface area (Å²) in [5, 5.41) is 11.4. The third-order valence-electron chi connectivity index (χ3n) is 3.41. The first-order valence-corrected chi connectivity index (χ1v) is 6.67. The van der Waals surface area contributed by atoms with Crippen molar-refractivity contribution in [3.63, 3.8) is 0 Å². The lowest BCUT2D eigenvalue weighted by molar-refractivity contribution is 0.0861. The molecule has 1 aromatic carbocycles. The van der Waals surface area contributed by atoms with E-state index in [1.54, 1.807) is 0 Å². The zero-order valence-corrected chi connectivity index (χ0v) is 11.9. The van der Waals surface area contributed by atoms with Crippen LogP contribution in [0, 0.1) is 0 Å². The second-order valence-electron chi connectivity index (χ2n) is 5.40. The number of para-hydroxylation sites is 1. The molecule has 0 saturated carbocycles. The van der Waals surface area contributed by atoms with Gasteiger partial charge in [-0.15, -0.1) is 0 Å². The predicted octanol–water partition coefficient (Wildman–Crippen LogP) is 1.58. The molecule has 4 heteroatoms. The summed E-state index contributed by atoms with van der Waals surface area (Å²) in [5.74, 6) is 0. The van der Waals surface area contributed by atoms with Gasteiger partial charge in [0.2, 0.25) is 0 Å². The quantitative estimate of drug-likeness (QED) is 0.859. The molecule has 0 aliphatic rings. The van der Waals surface area contributed by atoms with Gasteiger partial charge in [0, 0.05) is 24.2 Å². The van der Waals surface area contributed by atoms with Crippen LogP contribution in [0.3, 0.4) is 0 Å². The van der Waals surface area contributed by atoms with Crippen molar-refractivity contribution in [2.24, 2.45) is 5.73 Å². The van der Waals surface area contributed by atoms with E-state index < -0.39 is 6.23 Å². The molecule has 3 N–H and O–H groups in total. The van der Waals surface area contributed by atoms with E-state index in [9.17, 15) is 5.11 Å². The number of aliphatic hydroxyl groups is 1. The highest BCUT2D eigenvalue weighted by Gasteiger charge is 2.16. The zero-order chi connectivity index (χ0) is 14.0. The van der Waals surface area contributed by atoms with Crippen LogP contribution in [0.4, 0.5) is 0 Å². The summed E-state index contributed by atoms with van der Waals surface area (Å²) >= 11 is 0. The number of fused-ring (bicyclic) bond motifs is 1. The van der Waals surface area contributed by atoms with Crippen LogP contribution >= 0.6 is 0 Å². The maximum absolute atomic E-state index is 10.2. The van der Waals surface area contributed by atoms with Gasteiger partial charge in [-0.3, -0.25) is 0 Å². The fourth-order valence-electron chi connectivity index (χ4n) is 2.29. The lowest BCUT2D eigenvalue weighted by Gasteiger charge is -2.17. The average molecular weight is 261 g/mol. The van der Waals surface area contributed by atoms with Gasteiger partial charge in [0.15, 0.2) is 0 Å². The molecule has 104 valence electrons. The fraction of sp³-hybridized carbons (Fsp3) is 0.467. The summed E-state index contributed by atoms with van der Waals surface area (Å²) in [6.45, 7) is 2.81. The maximum Gasteiger partial charge on any atom is 0.145 e. The SMILES string of the molecule is CC(N)C(O)n1cc(CCN(C)C)c2ccccc21. The Bertz CT molecular complexity index is 545.